The molecule has 0 saturated carbocycles. The van der Waals surface area contributed by atoms with Crippen molar-refractivity contribution < 1.29 is 14.6 Å². The summed E-state index contributed by atoms with van der Waals surface area (Å²) in [7, 11) is 1.42. The Morgan fingerprint density at radius 1 is 1.71 bits per heavy atom. The number of carbonyl (C=O) groups is 1. The zero-order valence-electron chi connectivity index (χ0n) is 8.90. The summed E-state index contributed by atoms with van der Waals surface area (Å²) in [5.41, 5.74) is 0. The Morgan fingerprint density at radius 2 is 2.43 bits per heavy atom. The molecule has 0 aliphatic carbocycles. The Morgan fingerprint density at radius 3 is 2.93 bits per heavy atom. The van der Waals surface area contributed by atoms with Crippen LogP contribution in [0, 0.1) is 11.8 Å². The summed E-state index contributed by atoms with van der Waals surface area (Å²) in [6.07, 6.45) is 1.03. The van der Waals surface area contributed by atoms with Crippen LogP contribution in [0.2, 0.25) is 0 Å². The smallest absolute Gasteiger partial charge is 0.309 e. The predicted molar refractivity (Wildman–Crippen MR) is 52.8 cm³/mol. The molecular weight excluding hydrogens is 182 g/mol. The van der Waals surface area contributed by atoms with Gasteiger partial charge in [-0.05, 0) is 18.9 Å². The van der Waals surface area contributed by atoms with E-state index in [2.05, 4.69) is 9.64 Å². The molecule has 4 nitrogen and oxygen atoms in total. The fourth-order valence-electron chi connectivity index (χ4n) is 1.89. The lowest BCUT2D eigenvalue weighted by atomic mass is 10.1. The quantitative estimate of drug-likeness (QED) is 0.656. The van der Waals surface area contributed by atoms with Crippen LogP contribution in [0.25, 0.3) is 0 Å². The van der Waals surface area contributed by atoms with E-state index in [-0.39, 0.29) is 18.5 Å². The van der Waals surface area contributed by atoms with Gasteiger partial charge in [0.25, 0.3) is 0 Å². The van der Waals surface area contributed by atoms with Crippen LogP contribution in [0.1, 0.15) is 13.3 Å². The van der Waals surface area contributed by atoms with Crippen molar-refractivity contribution in [3.8, 4) is 0 Å². The van der Waals surface area contributed by atoms with Crippen LogP contribution < -0.4 is 0 Å². The highest BCUT2D eigenvalue weighted by Crippen LogP contribution is 2.16. The summed E-state index contributed by atoms with van der Waals surface area (Å²) < 4.78 is 4.66. The molecule has 0 aromatic carbocycles. The van der Waals surface area contributed by atoms with Crippen LogP contribution in [0.4, 0.5) is 0 Å². The van der Waals surface area contributed by atoms with Crippen LogP contribution in [0.5, 0.6) is 0 Å². The Bertz CT molecular complexity index is 196. The highest BCUT2D eigenvalue weighted by Gasteiger charge is 2.25. The van der Waals surface area contributed by atoms with Gasteiger partial charge >= 0.3 is 5.97 Å². The number of aliphatic hydroxyl groups is 1. The molecule has 1 aliphatic rings. The topological polar surface area (TPSA) is 49.8 Å². The first-order chi connectivity index (χ1) is 6.67. The van der Waals surface area contributed by atoms with Crippen molar-refractivity contribution in [1.29, 1.82) is 0 Å². The van der Waals surface area contributed by atoms with Gasteiger partial charge in [0.05, 0.1) is 13.0 Å². The predicted octanol–water partition coefficient (Wildman–Crippen LogP) is 0.110. The molecule has 0 aromatic rings. The van der Waals surface area contributed by atoms with Crippen molar-refractivity contribution in [2.75, 3.05) is 33.4 Å². The van der Waals surface area contributed by atoms with E-state index >= 15 is 0 Å². The first-order valence-electron chi connectivity index (χ1n) is 5.08. The lowest BCUT2D eigenvalue weighted by Gasteiger charge is -2.18. The molecule has 1 rings (SSSR count). The van der Waals surface area contributed by atoms with Gasteiger partial charge in [-0.1, -0.05) is 6.92 Å². The van der Waals surface area contributed by atoms with E-state index in [1.807, 2.05) is 6.92 Å². The molecule has 0 radical (unpaired) electrons. The van der Waals surface area contributed by atoms with Gasteiger partial charge < -0.3 is 14.7 Å². The van der Waals surface area contributed by atoms with E-state index in [1.54, 1.807) is 0 Å². The average Bonchev–Trinajstić information content (AvgIpc) is 2.64. The van der Waals surface area contributed by atoms with Gasteiger partial charge in [-0.3, -0.25) is 4.79 Å². The highest BCUT2D eigenvalue weighted by molar-refractivity contribution is 5.72. The molecule has 0 bridgehead atoms. The number of likely N-dealkylation sites (tertiary alicyclic amines) is 1. The van der Waals surface area contributed by atoms with Crippen molar-refractivity contribution >= 4 is 5.97 Å². The minimum Gasteiger partial charge on any atom is -0.469 e. The molecule has 2 atom stereocenters. The second-order valence-corrected chi connectivity index (χ2v) is 4.02. The first-order valence-corrected chi connectivity index (χ1v) is 5.08. The van der Waals surface area contributed by atoms with Crippen molar-refractivity contribution in [3.05, 3.63) is 0 Å². The van der Waals surface area contributed by atoms with Crippen LogP contribution in [-0.2, 0) is 9.53 Å². The molecule has 0 spiro atoms. The molecule has 4 heteroatoms. The zero-order valence-corrected chi connectivity index (χ0v) is 8.90. The van der Waals surface area contributed by atoms with E-state index < -0.39 is 0 Å². The summed E-state index contributed by atoms with van der Waals surface area (Å²) in [5, 5.41) is 8.95. The lowest BCUT2D eigenvalue weighted by molar-refractivity contribution is -0.145. The number of esters is 1. The Kier molecular flexibility index (Phi) is 4.35. The SMILES string of the molecule is COC(=O)C(C)CN1CCC(CO)C1. The third-order valence-electron chi connectivity index (χ3n) is 2.76. The number of ether oxygens (including phenoxy) is 1. The standard InChI is InChI=1S/C10H19NO3/c1-8(10(13)14-2)5-11-4-3-9(6-11)7-12/h8-9,12H,3-7H2,1-2H3. The largest absolute Gasteiger partial charge is 0.469 e. The molecule has 82 valence electrons. The van der Waals surface area contributed by atoms with Gasteiger partial charge in [0, 0.05) is 19.7 Å². The maximum absolute atomic E-state index is 11.2. The Hall–Kier alpha value is -0.610. The highest BCUT2D eigenvalue weighted by atomic mass is 16.5. The molecule has 1 heterocycles. The first kappa shape index (κ1) is 11.5. The summed E-state index contributed by atoms with van der Waals surface area (Å²) >= 11 is 0. The second-order valence-electron chi connectivity index (χ2n) is 4.02. The van der Waals surface area contributed by atoms with E-state index in [9.17, 15) is 4.79 Å². The molecule has 0 aromatic heterocycles. The zero-order chi connectivity index (χ0) is 10.6. The average molecular weight is 201 g/mol. The van der Waals surface area contributed by atoms with Gasteiger partial charge in [-0.15, -0.1) is 0 Å². The number of methoxy groups -OCH3 is 1. The molecular formula is C10H19NO3. The van der Waals surface area contributed by atoms with Crippen LogP contribution in [-0.4, -0.2) is 49.3 Å². The number of rotatable bonds is 4. The molecule has 14 heavy (non-hydrogen) atoms. The second kappa shape index (κ2) is 5.32. The monoisotopic (exact) mass is 201 g/mol. The minimum atomic E-state index is -0.155. The lowest BCUT2D eigenvalue weighted by Crippen LogP contribution is -2.31. The molecule has 1 fully saturated rings. The van der Waals surface area contributed by atoms with E-state index in [4.69, 9.17) is 5.11 Å². The van der Waals surface area contributed by atoms with Gasteiger partial charge in [0.15, 0.2) is 0 Å². The third kappa shape index (κ3) is 2.96. The van der Waals surface area contributed by atoms with E-state index in [0.29, 0.717) is 5.92 Å². The summed E-state index contributed by atoms with van der Waals surface area (Å²) in [4.78, 5) is 13.4. The Labute approximate surface area is 84.8 Å². The maximum Gasteiger partial charge on any atom is 0.309 e. The van der Waals surface area contributed by atoms with Gasteiger partial charge in [0.2, 0.25) is 0 Å². The summed E-state index contributed by atoms with van der Waals surface area (Å²) in [6, 6.07) is 0. The number of aliphatic hydroxyl groups excluding tert-OH is 1. The van der Waals surface area contributed by atoms with Crippen LogP contribution >= 0.6 is 0 Å². The van der Waals surface area contributed by atoms with Crippen molar-refractivity contribution in [2.24, 2.45) is 11.8 Å². The molecule has 1 saturated heterocycles. The fraction of sp³-hybridized carbons (Fsp3) is 0.900. The number of hydrogen-bond acceptors (Lipinski definition) is 4. The molecule has 1 aliphatic heterocycles. The number of carbonyl (C=O) groups excluding carboxylic acids is 1. The minimum absolute atomic E-state index is 0.0718. The van der Waals surface area contributed by atoms with Crippen molar-refractivity contribution in [1.82, 2.24) is 4.90 Å². The molecule has 0 amide bonds. The summed E-state index contributed by atoms with van der Waals surface area (Å²) in [6.45, 7) is 4.74. The van der Waals surface area contributed by atoms with Gasteiger partial charge in [-0.25, -0.2) is 0 Å². The fourth-order valence-corrected chi connectivity index (χ4v) is 1.89. The Balaban J connectivity index is 2.28. The number of nitrogens with zero attached hydrogens (tertiary/aromatic N) is 1. The van der Waals surface area contributed by atoms with Crippen LogP contribution in [0.3, 0.4) is 0 Å². The molecule has 2 unspecified atom stereocenters. The van der Waals surface area contributed by atoms with Gasteiger partial charge in [0.1, 0.15) is 0 Å². The van der Waals surface area contributed by atoms with Gasteiger partial charge in [-0.2, -0.15) is 0 Å². The maximum atomic E-state index is 11.2. The third-order valence-corrected chi connectivity index (χ3v) is 2.76. The van der Waals surface area contributed by atoms with Crippen molar-refractivity contribution in [3.63, 3.8) is 0 Å². The van der Waals surface area contributed by atoms with E-state index in [0.717, 1.165) is 26.1 Å². The van der Waals surface area contributed by atoms with Crippen molar-refractivity contribution in [2.45, 2.75) is 13.3 Å². The normalized spacial score (nSPS) is 24.9. The number of hydrogen-bond donors (Lipinski definition) is 1. The summed E-state index contributed by atoms with van der Waals surface area (Å²) in [5.74, 6) is 0.162. The molecule has 1 N–H and O–H groups in total. The van der Waals surface area contributed by atoms with E-state index in [1.165, 1.54) is 7.11 Å². The van der Waals surface area contributed by atoms with Crippen LogP contribution in [0.15, 0.2) is 0 Å².